The number of nitroso groups, excluding NO2 is 1. The van der Waals surface area contributed by atoms with Crippen molar-refractivity contribution in [3.63, 3.8) is 0 Å². The number of amides is 1. The second-order valence-corrected chi connectivity index (χ2v) is 4.89. The van der Waals surface area contributed by atoms with E-state index < -0.39 is 29.8 Å². The largest absolute Gasteiger partial charge is 0.416 e. The van der Waals surface area contributed by atoms with Gasteiger partial charge in [-0.3, -0.25) is 10.1 Å². The van der Waals surface area contributed by atoms with E-state index in [-0.39, 0.29) is 12.1 Å². The third-order valence-corrected chi connectivity index (χ3v) is 3.15. The number of hydrogen-bond acceptors (Lipinski definition) is 4. The minimum atomic E-state index is -4.42. The van der Waals surface area contributed by atoms with Crippen molar-refractivity contribution in [3.8, 4) is 0 Å². The van der Waals surface area contributed by atoms with E-state index in [1.807, 2.05) is 0 Å². The van der Waals surface area contributed by atoms with E-state index >= 15 is 0 Å². The van der Waals surface area contributed by atoms with Crippen LogP contribution in [-0.2, 0) is 17.5 Å². The minimum absolute atomic E-state index is 0.0112. The molecular formula is C13H15F3N2O3. The zero-order chi connectivity index (χ0) is 16.3. The summed E-state index contributed by atoms with van der Waals surface area (Å²) in [5, 5.41) is 14.0. The molecule has 0 radical (unpaired) electrons. The van der Waals surface area contributed by atoms with Gasteiger partial charge in [-0.2, -0.15) is 13.2 Å². The molecule has 0 bridgehead atoms. The molecule has 0 aliphatic heterocycles. The molecule has 116 valence electrons. The number of halogens is 3. The van der Waals surface area contributed by atoms with Crippen LogP contribution in [0.3, 0.4) is 0 Å². The minimum Gasteiger partial charge on any atom is -0.394 e. The lowest BCUT2D eigenvalue weighted by Crippen LogP contribution is -2.51. The molecule has 1 aromatic rings. The van der Waals surface area contributed by atoms with Crippen molar-refractivity contribution in [2.45, 2.75) is 32.1 Å². The van der Waals surface area contributed by atoms with Crippen LogP contribution in [0.4, 0.5) is 13.2 Å². The Kier molecular flexibility index (Phi) is 5.19. The summed E-state index contributed by atoms with van der Waals surface area (Å²) < 4.78 is 37.9. The third-order valence-electron chi connectivity index (χ3n) is 3.15. The molecule has 0 aliphatic rings. The fraction of sp³-hybridized carbons (Fsp3) is 0.462. The standard InChI is InChI=1S/C13H15F3N2O3/c1-8-5-9(3-4-10(8)13(14,15)16)6-17-12(2,7-19)11(20)18-21/h3-5,17,19H,6-7H2,1-2H3. The maximum absolute atomic E-state index is 12.6. The van der Waals surface area contributed by atoms with E-state index in [0.29, 0.717) is 5.56 Å². The molecule has 21 heavy (non-hydrogen) atoms. The van der Waals surface area contributed by atoms with Crippen LogP contribution in [0.1, 0.15) is 23.6 Å². The van der Waals surface area contributed by atoms with E-state index in [1.54, 1.807) is 0 Å². The van der Waals surface area contributed by atoms with Gasteiger partial charge in [0.15, 0.2) is 0 Å². The van der Waals surface area contributed by atoms with Gasteiger partial charge in [0.1, 0.15) is 5.54 Å². The number of hydrogen-bond donors (Lipinski definition) is 2. The number of nitrogens with one attached hydrogen (secondary N) is 1. The van der Waals surface area contributed by atoms with Gasteiger partial charge < -0.3 is 5.11 Å². The van der Waals surface area contributed by atoms with Gasteiger partial charge >= 0.3 is 12.1 Å². The molecule has 8 heteroatoms. The lowest BCUT2D eigenvalue weighted by molar-refractivity contribution is -0.138. The number of rotatable bonds is 5. The topological polar surface area (TPSA) is 78.8 Å². The van der Waals surface area contributed by atoms with Crippen LogP contribution >= 0.6 is 0 Å². The molecule has 2 N–H and O–H groups in total. The van der Waals surface area contributed by atoms with E-state index in [2.05, 4.69) is 10.5 Å². The van der Waals surface area contributed by atoms with E-state index in [1.165, 1.54) is 26.0 Å². The molecule has 0 aliphatic carbocycles. The average molecular weight is 304 g/mol. The van der Waals surface area contributed by atoms with E-state index in [4.69, 9.17) is 5.11 Å². The molecule has 1 atom stereocenters. The highest BCUT2D eigenvalue weighted by Crippen LogP contribution is 2.32. The van der Waals surface area contributed by atoms with Crippen molar-refractivity contribution in [1.29, 1.82) is 0 Å². The van der Waals surface area contributed by atoms with Crippen LogP contribution in [0.15, 0.2) is 23.4 Å². The Balaban J connectivity index is 2.88. The predicted octanol–water partition coefficient (Wildman–Crippen LogP) is 2.15. The Morgan fingerprint density at radius 3 is 2.43 bits per heavy atom. The molecule has 0 saturated carbocycles. The van der Waals surface area contributed by atoms with Crippen molar-refractivity contribution in [1.82, 2.24) is 5.32 Å². The second kappa shape index (κ2) is 6.31. The van der Waals surface area contributed by atoms with E-state index in [0.717, 1.165) is 6.07 Å². The fourth-order valence-corrected chi connectivity index (χ4v) is 1.75. The van der Waals surface area contributed by atoms with E-state index in [9.17, 15) is 22.9 Å². The summed E-state index contributed by atoms with van der Waals surface area (Å²) in [5.41, 5.74) is -1.76. The summed E-state index contributed by atoms with van der Waals surface area (Å²) in [7, 11) is 0. The molecule has 1 aromatic carbocycles. The number of aliphatic hydroxyl groups excluding tert-OH is 1. The molecule has 5 nitrogen and oxygen atoms in total. The number of aryl methyl sites for hydroxylation is 1. The van der Waals surface area contributed by atoms with Crippen molar-refractivity contribution < 1.29 is 23.1 Å². The van der Waals surface area contributed by atoms with Gasteiger partial charge in [0, 0.05) is 11.7 Å². The quantitative estimate of drug-likeness (QED) is 0.817. The van der Waals surface area contributed by atoms with Crippen molar-refractivity contribution >= 4 is 5.91 Å². The monoisotopic (exact) mass is 304 g/mol. The molecule has 1 amide bonds. The molecular weight excluding hydrogens is 289 g/mol. The Labute approximate surface area is 119 Å². The Morgan fingerprint density at radius 2 is 2.00 bits per heavy atom. The van der Waals surface area contributed by atoms with Crippen LogP contribution in [-0.4, -0.2) is 23.2 Å². The lowest BCUT2D eigenvalue weighted by atomic mass is 10.0. The number of carbonyl (C=O) groups is 1. The number of benzene rings is 1. The third kappa shape index (κ3) is 4.08. The molecule has 0 heterocycles. The van der Waals surface area contributed by atoms with Crippen molar-refractivity contribution in [2.75, 3.05) is 6.61 Å². The number of alkyl halides is 3. The van der Waals surface area contributed by atoms with Crippen molar-refractivity contribution in [2.24, 2.45) is 5.18 Å². The molecule has 0 fully saturated rings. The van der Waals surface area contributed by atoms with Crippen LogP contribution in [0.25, 0.3) is 0 Å². The molecule has 0 saturated heterocycles. The molecule has 0 aromatic heterocycles. The van der Waals surface area contributed by atoms with Crippen molar-refractivity contribution in [3.05, 3.63) is 39.8 Å². The first-order valence-electron chi connectivity index (χ1n) is 6.04. The Morgan fingerprint density at radius 1 is 1.38 bits per heavy atom. The normalized spacial score (nSPS) is 14.6. The van der Waals surface area contributed by atoms with Crippen LogP contribution < -0.4 is 5.32 Å². The number of aliphatic hydroxyl groups is 1. The Hall–Kier alpha value is -1.80. The summed E-state index contributed by atoms with van der Waals surface area (Å²) in [6.07, 6.45) is -4.42. The summed E-state index contributed by atoms with van der Waals surface area (Å²) in [6, 6.07) is 3.54. The summed E-state index contributed by atoms with van der Waals surface area (Å²) >= 11 is 0. The smallest absolute Gasteiger partial charge is 0.394 e. The highest BCUT2D eigenvalue weighted by Gasteiger charge is 2.34. The van der Waals surface area contributed by atoms with Gasteiger partial charge in [-0.25, -0.2) is 0 Å². The fourth-order valence-electron chi connectivity index (χ4n) is 1.75. The highest BCUT2D eigenvalue weighted by molar-refractivity contribution is 5.86. The van der Waals surface area contributed by atoms with Crippen LogP contribution in [0, 0.1) is 11.8 Å². The molecule has 1 unspecified atom stereocenters. The number of carbonyl (C=O) groups excluding carboxylic acids is 1. The van der Waals surface area contributed by atoms with Crippen LogP contribution in [0.2, 0.25) is 0 Å². The molecule has 0 spiro atoms. The first-order valence-corrected chi connectivity index (χ1v) is 6.04. The SMILES string of the molecule is Cc1cc(CNC(C)(CO)C(=O)N=O)ccc1C(F)(F)F. The average Bonchev–Trinajstić information content (AvgIpc) is 2.42. The molecule has 1 rings (SSSR count). The Bertz CT molecular complexity index is 546. The van der Waals surface area contributed by atoms with Crippen LogP contribution in [0.5, 0.6) is 0 Å². The summed E-state index contributed by atoms with van der Waals surface area (Å²) in [5.74, 6) is -1.08. The zero-order valence-corrected chi connectivity index (χ0v) is 11.5. The zero-order valence-electron chi connectivity index (χ0n) is 11.5. The highest BCUT2D eigenvalue weighted by atomic mass is 19.4. The maximum Gasteiger partial charge on any atom is 0.416 e. The van der Waals surface area contributed by atoms with Gasteiger partial charge in [0.2, 0.25) is 0 Å². The number of nitrogens with zero attached hydrogens (tertiary/aromatic N) is 1. The van der Waals surface area contributed by atoms with Gasteiger partial charge in [0.05, 0.1) is 12.2 Å². The summed E-state index contributed by atoms with van der Waals surface area (Å²) in [6.45, 7) is 1.97. The second-order valence-electron chi connectivity index (χ2n) is 4.89. The predicted molar refractivity (Wildman–Crippen MR) is 69.3 cm³/mol. The van der Waals surface area contributed by atoms with Gasteiger partial charge in [0.25, 0.3) is 0 Å². The van der Waals surface area contributed by atoms with Gasteiger partial charge in [-0.1, -0.05) is 12.1 Å². The van der Waals surface area contributed by atoms with Gasteiger partial charge in [-0.05, 0) is 31.0 Å². The summed E-state index contributed by atoms with van der Waals surface area (Å²) in [4.78, 5) is 21.5. The first-order chi connectivity index (χ1) is 9.64. The van der Waals surface area contributed by atoms with Gasteiger partial charge in [-0.15, -0.1) is 4.91 Å². The first kappa shape index (κ1) is 17.3. The lowest BCUT2D eigenvalue weighted by Gasteiger charge is -2.24. The maximum atomic E-state index is 12.6.